The summed E-state index contributed by atoms with van der Waals surface area (Å²) in [6.07, 6.45) is 7.11. The Labute approximate surface area is 121 Å². The average molecular weight is 303 g/mol. The molecular weight excluding hydrogens is 278 g/mol. The van der Waals surface area contributed by atoms with Gasteiger partial charge >= 0.3 is 0 Å². The van der Waals surface area contributed by atoms with Crippen molar-refractivity contribution in [2.24, 2.45) is 17.0 Å². The summed E-state index contributed by atoms with van der Waals surface area (Å²) in [7, 11) is -3.55. The normalized spacial score (nSPS) is 23.6. The molecule has 0 bridgehead atoms. The zero-order chi connectivity index (χ0) is 14.6. The topological polar surface area (TPSA) is 92.5 Å². The maximum absolute atomic E-state index is 12.0. The molecule has 0 spiro atoms. The predicted octanol–water partition coefficient (Wildman–Crippen LogP) is 0.598. The van der Waals surface area contributed by atoms with E-state index in [2.05, 4.69) is 5.32 Å². The van der Waals surface area contributed by atoms with Crippen LogP contribution < -0.4 is 10.5 Å². The van der Waals surface area contributed by atoms with Crippen LogP contribution in [0.4, 0.5) is 0 Å². The Morgan fingerprint density at radius 3 is 2.25 bits per heavy atom. The number of amides is 1. The lowest BCUT2D eigenvalue weighted by molar-refractivity contribution is -0.126. The molecule has 0 aromatic carbocycles. The van der Waals surface area contributed by atoms with Crippen molar-refractivity contribution >= 4 is 16.1 Å². The van der Waals surface area contributed by atoms with Crippen molar-refractivity contribution in [3.63, 3.8) is 0 Å². The highest BCUT2D eigenvalue weighted by Crippen LogP contribution is 2.24. The molecule has 0 aromatic heterocycles. The van der Waals surface area contributed by atoms with Gasteiger partial charge in [0.2, 0.25) is 5.91 Å². The summed E-state index contributed by atoms with van der Waals surface area (Å²) in [6.45, 7) is 1.58. The second-order valence-electron chi connectivity index (χ2n) is 5.97. The minimum Gasteiger partial charge on any atom is -0.356 e. The number of rotatable bonds is 4. The van der Waals surface area contributed by atoms with Crippen LogP contribution in [0.15, 0.2) is 0 Å². The molecule has 1 saturated carbocycles. The van der Waals surface area contributed by atoms with Gasteiger partial charge in [-0.25, -0.2) is 5.14 Å². The molecule has 0 radical (unpaired) electrons. The molecule has 0 unspecified atom stereocenters. The average Bonchev–Trinajstić information content (AvgIpc) is 2.45. The van der Waals surface area contributed by atoms with Gasteiger partial charge in [0.1, 0.15) is 0 Å². The van der Waals surface area contributed by atoms with Crippen LogP contribution in [-0.4, -0.2) is 38.3 Å². The van der Waals surface area contributed by atoms with Crippen LogP contribution in [0.25, 0.3) is 0 Å². The first-order valence-corrected chi connectivity index (χ1v) is 9.02. The fourth-order valence-electron chi connectivity index (χ4n) is 3.12. The molecule has 6 nitrogen and oxygen atoms in total. The van der Waals surface area contributed by atoms with E-state index in [0.29, 0.717) is 25.6 Å². The van der Waals surface area contributed by atoms with Crippen LogP contribution >= 0.6 is 0 Å². The Morgan fingerprint density at radius 2 is 1.70 bits per heavy atom. The maximum Gasteiger partial charge on any atom is 0.276 e. The number of carbonyl (C=O) groups excluding carboxylic acids is 1. The quantitative estimate of drug-likeness (QED) is 0.796. The lowest BCUT2D eigenvalue weighted by atomic mass is 9.88. The standard InChI is InChI=1S/C13H25N3O3S/c14-20(18,19)16-8-6-11(7-9-16)10-15-13(17)12-4-2-1-3-5-12/h11-12H,1-10H2,(H,15,17)(H2,14,18,19). The summed E-state index contributed by atoms with van der Waals surface area (Å²) >= 11 is 0. The Hall–Kier alpha value is -0.660. The van der Waals surface area contributed by atoms with Crippen LogP contribution in [0.2, 0.25) is 0 Å². The molecule has 1 aliphatic heterocycles. The molecule has 1 heterocycles. The van der Waals surface area contributed by atoms with E-state index in [-0.39, 0.29) is 11.8 Å². The molecule has 0 atom stereocenters. The highest BCUT2D eigenvalue weighted by molar-refractivity contribution is 7.86. The van der Waals surface area contributed by atoms with E-state index < -0.39 is 10.2 Å². The highest BCUT2D eigenvalue weighted by atomic mass is 32.2. The molecule has 1 amide bonds. The second-order valence-corrected chi connectivity index (χ2v) is 7.51. The molecule has 3 N–H and O–H groups in total. The van der Waals surface area contributed by atoms with Gasteiger partial charge in [0, 0.05) is 25.6 Å². The molecule has 1 saturated heterocycles. The molecule has 1 aliphatic carbocycles. The van der Waals surface area contributed by atoms with E-state index in [4.69, 9.17) is 5.14 Å². The molecule has 116 valence electrons. The summed E-state index contributed by atoms with van der Waals surface area (Å²) in [4.78, 5) is 12.0. The SMILES string of the molecule is NS(=O)(=O)N1CCC(CNC(=O)C2CCCCC2)CC1. The van der Waals surface area contributed by atoms with Crippen LogP contribution in [0.5, 0.6) is 0 Å². The third-order valence-electron chi connectivity index (χ3n) is 4.47. The van der Waals surface area contributed by atoms with E-state index in [1.54, 1.807) is 0 Å². The smallest absolute Gasteiger partial charge is 0.276 e. The summed E-state index contributed by atoms with van der Waals surface area (Å²) < 4.78 is 23.7. The van der Waals surface area contributed by atoms with Gasteiger partial charge in [-0.3, -0.25) is 4.79 Å². The summed E-state index contributed by atoms with van der Waals surface area (Å²) in [6, 6.07) is 0. The molecule has 2 rings (SSSR count). The minimum absolute atomic E-state index is 0.179. The predicted molar refractivity (Wildman–Crippen MR) is 77.0 cm³/mol. The number of piperidine rings is 1. The fourth-order valence-corrected chi connectivity index (χ4v) is 3.84. The van der Waals surface area contributed by atoms with Gasteiger partial charge in [-0.1, -0.05) is 19.3 Å². The van der Waals surface area contributed by atoms with Crippen molar-refractivity contribution < 1.29 is 13.2 Å². The zero-order valence-electron chi connectivity index (χ0n) is 11.9. The first kappa shape index (κ1) is 15.7. The van der Waals surface area contributed by atoms with Crippen LogP contribution in [-0.2, 0) is 15.0 Å². The molecule has 2 fully saturated rings. The number of hydrogen-bond donors (Lipinski definition) is 2. The molecule has 2 aliphatic rings. The van der Waals surface area contributed by atoms with Crippen molar-refractivity contribution in [3.8, 4) is 0 Å². The van der Waals surface area contributed by atoms with Gasteiger partial charge < -0.3 is 5.32 Å². The van der Waals surface area contributed by atoms with Gasteiger partial charge in [-0.15, -0.1) is 0 Å². The molecule has 0 aromatic rings. The van der Waals surface area contributed by atoms with Gasteiger partial charge in [-0.05, 0) is 31.6 Å². The summed E-state index contributed by atoms with van der Waals surface area (Å²) in [5.41, 5.74) is 0. The van der Waals surface area contributed by atoms with Crippen molar-refractivity contribution in [3.05, 3.63) is 0 Å². The lowest BCUT2D eigenvalue weighted by Gasteiger charge is -2.30. The van der Waals surface area contributed by atoms with Gasteiger partial charge in [0.15, 0.2) is 0 Å². The van der Waals surface area contributed by atoms with Crippen LogP contribution in [0.3, 0.4) is 0 Å². The van der Waals surface area contributed by atoms with E-state index in [9.17, 15) is 13.2 Å². The molecule has 20 heavy (non-hydrogen) atoms. The monoisotopic (exact) mass is 303 g/mol. The zero-order valence-corrected chi connectivity index (χ0v) is 12.7. The van der Waals surface area contributed by atoms with Gasteiger partial charge in [0.05, 0.1) is 0 Å². The summed E-state index contributed by atoms with van der Waals surface area (Å²) in [5.74, 6) is 0.729. The van der Waals surface area contributed by atoms with Gasteiger partial charge in [-0.2, -0.15) is 12.7 Å². The Bertz CT molecular complexity index is 424. The Balaban J connectivity index is 1.69. The molecular formula is C13H25N3O3S. The van der Waals surface area contributed by atoms with E-state index in [1.807, 2.05) is 0 Å². The van der Waals surface area contributed by atoms with Crippen molar-refractivity contribution in [2.45, 2.75) is 44.9 Å². The highest BCUT2D eigenvalue weighted by Gasteiger charge is 2.26. The lowest BCUT2D eigenvalue weighted by Crippen LogP contribution is -2.44. The Morgan fingerprint density at radius 1 is 1.10 bits per heavy atom. The third kappa shape index (κ3) is 4.43. The van der Waals surface area contributed by atoms with E-state index in [0.717, 1.165) is 38.5 Å². The number of nitrogens with two attached hydrogens (primary N) is 1. The Kier molecular flexibility index (Phi) is 5.40. The van der Waals surface area contributed by atoms with Crippen LogP contribution in [0.1, 0.15) is 44.9 Å². The van der Waals surface area contributed by atoms with Crippen LogP contribution in [0, 0.1) is 11.8 Å². The third-order valence-corrected chi connectivity index (χ3v) is 5.56. The summed E-state index contributed by atoms with van der Waals surface area (Å²) in [5, 5.41) is 8.14. The maximum atomic E-state index is 12.0. The number of carbonyl (C=O) groups is 1. The fraction of sp³-hybridized carbons (Fsp3) is 0.923. The number of nitrogens with one attached hydrogen (secondary N) is 1. The largest absolute Gasteiger partial charge is 0.356 e. The van der Waals surface area contributed by atoms with Crippen molar-refractivity contribution in [2.75, 3.05) is 19.6 Å². The van der Waals surface area contributed by atoms with E-state index in [1.165, 1.54) is 10.7 Å². The van der Waals surface area contributed by atoms with E-state index >= 15 is 0 Å². The first-order valence-electron chi connectivity index (χ1n) is 7.52. The van der Waals surface area contributed by atoms with Crippen molar-refractivity contribution in [1.82, 2.24) is 9.62 Å². The minimum atomic E-state index is -3.55. The first-order chi connectivity index (χ1) is 9.47. The van der Waals surface area contributed by atoms with Gasteiger partial charge in [0.25, 0.3) is 10.2 Å². The molecule has 7 heteroatoms. The van der Waals surface area contributed by atoms with Crippen molar-refractivity contribution in [1.29, 1.82) is 0 Å². The number of nitrogens with zero attached hydrogens (tertiary/aromatic N) is 1. The number of hydrogen-bond acceptors (Lipinski definition) is 3. The second kappa shape index (κ2) is 6.87.